The van der Waals surface area contributed by atoms with E-state index in [1.807, 2.05) is 37.5 Å². The first-order valence-electron chi connectivity index (χ1n) is 12.1. The van der Waals surface area contributed by atoms with E-state index >= 15 is 0 Å². The number of nitrogens with zero attached hydrogens (tertiary/aromatic N) is 2. The summed E-state index contributed by atoms with van der Waals surface area (Å²) in [6.45, 7) is 4.65. The molecule has 1 atom stereocenters. The van der Waals surface area contributed by atoms with Crippen LogP contribution in [-0.4, -0.2) is 34.8 Å². The minimum absolute atomic E-state index is 0.194. The Morgan fingerprint density at radius 1 is 1.15 bits per heavy atom. The van der Waals surface area contributed by atoms with Crippen molar-refractivity contribution in [3.05, 3.63) is 41.2 Å². The van der Waals surface area contributed by atoms with E-state index < -0.39 is 12.1 Å². The smallest absolute Gasteiger partial charge is 0.340 e. The Hall–Kier alpha value is -2.21. The molecule has 1 aromatic heterocycles. The van der Waals surface area contributed by atoms with Crippen LogP contribution >= 0.6 is 11.6 Å². The lowest BCUT2D eigenvalue weighted by Crippen LogP contribution is -2.30. The second-order valence-corrected chi connectivity index (χ2v) is 9.22. The molecule has 180 valence electrons. The van der Waals surface area contributed by atoms with Gasteiger partial charge in [-0.1, -0.05) is 44.7 Å². The molecule has 1 heterocycles. The molecular weight excluding hydrogens is 443 g/mol. The molecule has 0 bridgehead atoms. The van der Waals surface area contributed by atoms with Crippen LogP contribution in [0, 0.1) is 5.92 Å². The maximum absolute atomic E-state index is 13.8. The zero-order chi connectivity index (χ0) is 23.6. The lowest BCUT2D eigenvalue weighted by Gasteiger charge is -2.28. The van der Waals surface area contributed by atoms with E-state index in [0.29, 0.717) is 35.5 Å². The largest absolute Gasteiger partial charge is 0.492 e. The number of aromatic nitrogens is 2. The summed E-state index contributed by atoms with van der Waals surface area (Å²) in [6, 6.07) is 5.60. The first-order chi connectivity index (χ1) is 16.0. The molecule has 1 saturated carbocycles. The maximum Gasteiger partial charge on any atom is 0.340 e. The number of rotatable bonds is 11. The van der Waals surface area contributed by atoms with Crippen LogP contribution in [0.5, 0.6) is 5.75 Å². The van der Waals surface area contributed by atoms with Crippen LogP contribution in [0.1, 0.15) is 70.8 Å². The summed E-state index contributed by atoms with van der Waals surface area (Å²) in [6.07, 6.45) is 9.06. The van der Waals surface area contributed by atoms with Gasteiger partial charge in [0.05, 0.1) is 11.6 Å². The third-order valence-electron chi connectivity index (χ3n) is 6.05. The molecule has 33 heavy (non-hydrogen) atoms. The third-order valence-corrected chi connectivity index (χ3v) is 6.35. The summed E-state index contributed by atoms with van der Waals surface area (Å²) in [5, 5.41) is 0.525. The van der Waals surface area contributed by atoms with Crippen LogP contribution in [0.4, 0.5) is 4.39 Å². The highest BCUT2D eigenvalue weighted by Gasteiger charge is 2.27. The van der Waals surface area contributed by atoms with E-state index in [2.05, 4.69) is 16.9 Å². The van der Waals surface area contributed by atoms with Gasteiger partial charge in [0.15, 0.2) is 12.0 Å². The average Bonchev–Trinajstić information content (AvgIpc) is 2.83. The molecule has 0 N–H and O–H groups in total. The Kier molecular flexibility index (Phi) is 9.92. The molecule has 1 aromatic carbocycles. The first kappa shape index (κ1) is 25.4. The van der Waals surface area contributed by atoms with E-state index in [1.54, 1.807) is 0 Å². The minimum Gasteiger partial charge on any atom is -0.492 e. The van der Waals surface area contributed by atoms with Gasteiger partial charge < -0.3 is 9.47 Å². The first-order valence-corrected chi connectivity index (χ1v) is 12.5. The van der Waals surface area contributed by atoms with Crippen molar-refractivity contribution >= 4 is 17.6 Å². The molecule has 1 aliphatic carbocycles. The zero-order valence-electron chi connectivity index (χ0n) is 19.6. The maximum atomic E-state index is 13.8. The number of benzene rings is 1. The van der Waals surface area contributed by atoms with Crippen LogP contribution in [0.25, 0.3) is 11.4 Å². The predicted octanol–water partition coefficient (Wildman–Crippen LogP) is 6.76. The number of aryl methyl sites for hydroxylation is 1. The topological polar surface area (TPSA) is 61.3 Å². The Labute approximate surface area is 201 Å². The van der Waals surface area contributed by atoms with Crippen LogP contribution in [0.15, 0.2) is 30.6 Å². The Balaban J connectivity index is 1.45. The lowest BCUT2D eigenvalue weighted by molar-refractivity contribution is -0.157. The molecule has 0 unspecified atom stereocenters. The molecule has 1 aliphatic rings. The van der Waals surface area contributed by atoms with Crippen LogP contribution in [0.2, 0.25) is 5.02 Å². The van der Waals surface area contributed by atoms with Gasteiger partial charge in [-0.15, -0.1) is 0 Å². The number of hydrogen-bond acceptors (Lipinski definition) is 5. The Morgan fingerprint density at radius 3 is 2.52 bits per heavy atom. The van der Waals surface area contributed by atoms with E-state index in [1.165, 1.54) is 0 Å². The minimum atomic E-state index is -1.50. The van der Waals surface area contributed by atoms with Crippen molar-refractivity contribution in [2.75, 3.05) is 6.61 Å². The zero-order valence-corrected chi connectivity index (χ0v) is 20.3. The molecule has 0 aliphatic heterocycles. The highest BCUT2D eigenvalue weighted by molar-refractivity contribution is 6.32. The van der Waals surface area contributed by atoms with E-state index in [9.17, 15) is 9.18 Å². The highest BCUT2D eigenvalue weighted by atomic mass is 35.5. The summed E-state index contributed by atoms with van der Waals surface area (Å²) in [5.41, 5.74) is 1.97. The van der Waals surface area contributed by atoms with Crippen molar-refractivity contribution in [1.82, 2.24) is 9.97 Å². The van der Waals surface area contributed by atoms with Gasteiger partial charge >= 0.3 is 5.97 Å². The summed E-state index contributed by atoms with van der Waals surface area (Å²) in [5.74, 6) is 0.916. The van der Waals surface area contributed by atoms with Crippen molar-refractivity contribution in [2.24, 2.45) is 5.92 Å². The number of alkyl halides is 1. The highest BCUT2D eigenvalue weighted by Crippen LogP contribution is 2.32. The molecule has 0 spiro atoms. The fourth-order valence-corrected chi connectivity index (χ4v) is 4.28. The standard InChI is InChI=1S/C26H34ClFN2O3/c1-3-5-7-23(28)26(31)33-21-11-8-18(9-12-21)17-32-24-13-10-20(14-22(24)27)25-29-15-19(6-4-2)16-30-25/h10,13-16,18,21,23H,3-9,11-12,17H2,1-2H3/t18-,21-,23-/m0/s1. The molecule has 3 rings (SSSR count). The molecule has 1 fully saturated rings. The summed E-state index contributed by atoms with van der Waals surface area (Å²) in [7, 11) is 0. The van der Waals surface area contributed by atoms with Crippen LogP contribution in [0.3, 0.4) is 0 Å². The third kappa shape index (κ3) is 7.66. The number of ether oxygens (including phenoxy) is 2. The van der Waals surface area contributed by atoms with Gasteiger partial charge in [-0.3, -0.25) is 0 Å². The molecule has 2 aromatic rings. The van der Waals surface area contributed by atoms with Crippen LogP contribution in [-0.2, 0) is 16.0 Å². The summed E-state index contributed by atoms with van der Waals surface area (Å²) in [4.78, 5) is 20.8. The van der Waals surface area contributed by atoms with E-state index in [-0.39, 0.29) is 12.5 Å². The monoisotopic (exact) mass is 476 g/mol. The number of esters is 1. The quantitative estimate of drug-likeness (QED) is 0.335. The van der Waals surface area contributed by atoms with Gasteiger partial charge in [0, 0.05) is 18.0 Å². The van der Waals surface area contributed by atoms with Crippen LogP contribution < -0.4 is 4.74 Å². The van der Waals surface area contributed by atoms with Gasteiger partial charge in [0.25, 0.3) is 0 Å². The molecular formula is C26H34ClFN2O3. The molecule has 0 saturated heterocycles. The molecule has 5 nitrogen and oxygen atoms in total. The van der Waals surface area contributed by atoms with E-state index in [4.69, 9.17) is 21.1 Å². The number of halogens is 2. The van der Waals surface area contributed by atoms with Gasteiger partial charge in [-0.25, -0.2) is 19.2 Å². The summed E-state index contributed by atoms with van der Waals surface area (Å²) >= 11 is 6.45. The van der Waals surface area contributed by atoms with Crippen molar-refractivity contribution in [3.63, 3.8) is 0 Å². The fourth-order valence-electron chi connectivity index (χ4n) is 4.04. The van der Waals surface area contributed by atoms with Gasteiger partial charge in [0.1, 0.15) is 11.9 Å². The van der Waals surface area contributed by atoms with Crippen molar-refractivity contribution in [3.8, 4) is 17.1 Å². The van der Waals surface area contributed by atoms with Gasteiger partial charge in [-0.2, -0.15) is 0 Å². The fraction of sp³-hybridized carbons (Fsp3) is 0.577. The molecule has 0 amide bonds. The second-order valence-electron chi connectivity index (χ2n) is 8.81. The lowest BCUT2D eigenvalue weighted by atomic mass is 9.88. The number of carbonyl (C=O) groups excluding carboxylic acids is 1. The Bertz CT molecular complexity index is 886. The predicted molar refractivity (Wildman–Crippen MR) is 128 cm³/mol. The van der Waals surface area contributed by atoms with Gasteiger partial charge in [-0.05, 0) is 68.2 Å². The number of hydrogen-bond donors (Lipinski definition) is 0. The van der Waals surface area contributed by atoms with Crippen molar-refractivity contribution < 1.29 is 18.7 Å². The summed E-state index contributed by atoms with van der Waals surface area (Å²) < 4.78 is 25.2. The molecule has 7 heteroatoms. The normalized spacial score (nSPS) is 19.2. The van der Waals surface area contributed by atoms with Crippen molar-refractivity contribution in [2.45, 2.75) is 83.9 Å². The van der Waals surface area contributed by atoms with Gasteiger partial charge in [0.2, 0.25) is 0 Å². The van der Waals surface area contributed by atoms with Crippen molar-refractivity contribution in [1.29, 1.82) is 0 Å². The van der Waals surface area contributed by atoms with E-state index in [0.717, 1.165) is 56.1 Å². The Morgan fingerprint density at radius 2 is 1.88 bits per heavy atom. The number of unbranched alkanes of at least 4 members (excludes halogenated alkanes) is 1. The molecule has 0 radical (unpaired) electrons. The SMILES string of the molecule is CCCC[C@H](F)C(=O)O[C@H]1CC[C@H](COc2ccc(-c3ncc(CCC)cn3)cc2Cl)CC1. The second kappa shape index (κ2) is 12.9. The average molecular weight is 477 g/mol. The number of carbonyl (C=O) groups is 1.